The molecule has 0 aliphatic carbocycles. The van der Waals surface area contributed by atoms with Crippen LogP contribution in [0.3, 0.4) is 0 Å². The molecule has 0 bridgehead atoms. The summed E-state index contributed by atoms with van der Waals surface area (Å²) >= 11 is 0. The molecule has 2 heteroatoms. The van der Waals surface area contributed by atoms with Crippen molar-refractivity contribution >= 4 is 0 Å². The molecule has 0 unspecified atom stereocenters. The number of benzene rings is 1. The summed E-state index contributed by atoms with van der Waals surface area (Å²) in [6, 6.07) is 12.4. The van der Waals surface area contributed by atoms with Crippen molar-refractivity contribution in [3.05, 3.63) is 53.9 Å². The smallest absolute Gasteiger partial charge is 0.0925 e. The van der Waals surface area contributed by atoms with Crippen LogP contribution in [0.2, 0.25) is 0 Å². The minimum atomic E-state index is -0.273. The highest BCUT2D eigenvalue weighted by Gasteiger charge is 2.13. The Morgan fingerprint density at radius 3 is 2.16 bits per heavy atom. The predicted octanol–water partition coefficient (Wildman–Crippen LogP) is 4.77. The fourth-order valence-electron chi connectivity index (χ4n) is 2.08. The third kappa shape index (κ3) is 3.19. The van der Waals surface area contributed by atoms with Crippen molar-refractivity contribution in [1.82, 2.24) is 4.98 Å². The Morgan fingerprint density at radius 1 is 1.00 bits per heavy atom. The topological polar surface area (TPSA) is 12.9 Å². The second-order valence-corrected chi connectivity index (χ2v) is 5.23. The summed E-state index contributed by atoms with van der Waals surface area (Å²) in [6.07, 6.45) is 1.89. The SMILES string of the molecule is Cc1ccc(-c2ccc([C@@H](C)[C@H](C)CF)cc2)cn1. The minimum absolute atomic E-state index is 0.0619. The molecule has 2 atom stereocenters. The fourth-order valence-corrected chi connectivity index (χ4v) is 2.08. The molecule has 0 fully saturated rings. The number of nitrogens with zero attached hydrogens (tertiary/aromatic N) is 1. The van der Waals surface area contributed by atoms with E-state index in [1.807, 2.05) is 26.1 Å². The van der Waals surface area contributed by atoms with E-state index in [-0.39, 0.29) is 18.5 Å². The van der Waals surface area contributed by atoms with Gasteiger partial charge in [-0.2, -0.15) is 0 Å². The number of rotatable bonds is 4. The van der Waals surface area contributed by atoms with Gasteiger partial charge in [-0.1, -0.05) is 44.2 Å². The first-order valence-electron chi connectivity index (χ1n) is 6.70. The molecule has 100 valence electrons. The average Bonchev–Trinajstić information content (AvgIpc) is 2.46. The molecule has 1 aromatic heterocycles. The van der Waals surface area contributed by atoms with Crippen LogP contribution in [-0.4, -0.2) is 11.7 Å². The van der Waals surface area contributed by atoms with E-state index in [1.54, 1.807) is 0 Å². The Hall–Kier alpha value is -1.70. The molecular formula is C17H20FN. The maximum absolute atomic E-state index is 12.7. The molecule has 0 N–H and O–H groups in total. The molecule has 0 radical (unpaired) electrons. The Kier molecular flexibility index (Phi) is 4.31. The Bertz CT molecular complexity index is 516. The third-order valence-electron chi connectivity index (χ3n) is 3.78. The maximum atomic E-state index is 12.7. The van der Waals surface area contributed by atoms with Gasteiger partial charge in [-0.05, 0) is 36.0 Å². The number of halogens is 1. The zero-order valence-corrected chi connectivity index (χ0v) is 11.7. The van der Waals surface area contributed by atoms with E-state index >= 15 is 0 Å². The van der Waals surface area contributed by atoms with Crippen molar-refractivity contribution in [3.63, 3.8) is 0 Å². The molecule has 0 saturated carbocycles. The van der Waals surface area contributed by atoms with Gasteiger partial charge in [0.1, 0.15) is 0 Å². The van der Waals surface area contributed by atoms with Gasteiger partial charge < -0.3 is 0 Å². The van der Waals surface area contributed by atoms with Crippen LogP contribution in [0.15, 0.2) is 42.6 Å². The van der Waals surface area contributed by atoms with Crippen molar-refractivity contribution in [3.8, 4) is 11.1 Å². The quantitative estimate of drug-likeness (QED) is 0.769. The lowest BCUT2D eigenvalue weighted by Gasteiger charge is -2.17. The van der Waals surface area contributed by atoms with Gasteiger partial charge in [0.2, 0.25) is 0 Å². The molecule has 0 aliphatic rings. The van der Waals surface area contributed by atoms with Crippen molar-refractivity contribution < 1.29 is 4.39 Å². The summed E-state index contributed by atoms with van der Waals surface area (Å²) in [5.41, 5.74) is 4.47. The number of aryl methyl sites for hydroxylation is 1. The summed E-state index contributed by atoms with van der Waals surface area (Å²) in [7, 11) is 0. The zero-order chi connectivity index (χ0) is 13.8. The number of pyridine rings is 1. The number of aromatic nitrogens is 1. The van der Waals surface area contributed by atoms with E-state index < -0.39 is 0 Å². The van der Waals surface area contributed by atoms with Gasteiger partial charge in [-0.15, -0.1) is 0 Å². The van der Waals surface area contributed by atoms with Crippen LogP contribution < -0.4 is 0 Å². The first-order chi connectivity index (χ1) is 9.11. The number of hydrogen-bond donors (Lipinski definition) is 0. The van der Waals surface area contributed by atoms with E-state index in [0.29, 0.717) is 0 Å². The summed E-state index contributed by atoms with van der Waals surface area (Å²) in [5.74, 6) is 0.307. The lowest BCUT2D eigenvalue weighted by molar-refractivity contribution is 0.346. The Morgan fingerprint density at radius 2 is 1.63 bits per heavy atom. The lowest BCUT2D eigenvalue weighted by atomic mass is 9.89. The van der Waals surface area contributed by atoms with Crippen molar-refractivity contribution in [1.29, 1.82) is 0 Å². The van der Waals surface area contributed by atoms with Gasteiger partial charge in [-0.25, -0.2) is 0 Å². The van der Waals surface area contributed by atoms with Crippen LogP contribution in [0, 0.1) is 12.8 Å². The number of hydrogen-bond acceptors (Lipinski definition) is 1. The zero-order valence-electron chi connectivity index (χ0n) is 11.7. The molecule has 2 rings (SSSR count). The van der Waals surface area contributed by atoms with Crippen LogP contribution >= 0.6 is 0 Å². The maximum Gasteiger partial charge on any atom is 0.0925 e. The van der Waals surface area contributed by atoms with E-state index in [4.69, 9.17) is 0 Å². The van der Waals surface area contributed by atoms with Gasteiger partial charge in [0, 0.05) is 17.5 Å². The van der Waals surface area contributed by atoms with Gasteiger partial charge >= 0.3 is 0 Å². The highest BCUT2D eigenvalue weighted by atomic mass is 19.1. The molecular weight excluding hydrogens is 237 g/mol. The normalized spacial score (nSPS) is 14.1. The molecule has 1 nitrogen and oxygen atoms in total. The minimum Gasteiger partial charge on any atom is -0.261 e. The summed E-state index contributed by atoms with van der Waals surface area (Å²) in [6.45, 7) is 5.73. The first kappa shape index (κ1) is 13.7. The van der Waals surface area contributed by atoms with E-state index in [0.717, 1.165) is 16.8 Å². The van der Waals surface area contributed by atoms with E-state index in [9.17, 15) is 4.39 Å². The summed E-state index contributed by atoms with van der Waals surface area (Å²) in [4.78, 5) is 4.30. The second-order valence-electron chi connectivity index (χ2n) is 5.23. The Labute approximate surface area is 114 Å². The van der Waals surface area contributed by atoms with Gasteiger partial charge in [0.25, 0.3) is 0 Å². The first-order valence-corrected chi connectivity index (χ1v) is 6.70. The van der Waals surface area contributed by atoms with E-state index in [1.165, 1.54) is 5.56 Å². The third-order valence-corrected chi connectivity index (χ3v) is 3.78. The molecule has 0 amide bonds. The van der Waals surface area contributed by atoms with E-state index in [2.05, 4.69) is 42.2 Å². The molecule has 0 spiro atoms. The molecule has 1 aromatic carbocycles. The summed E-state index contributed by atoms with van der Waals surface area (Å²) < 4.78 is 12.7. The molecule has 2 aromatic rings. The fraction of sp³-hybridized carbons (Fsp3) is 0.353. The monoisotopic (exact) mass is 257 g/mol. The lowest BCUT2D eigenvalue weighted by Crippen LogP contribution is -2.07. The summed E-state index contributed by atoms with van der Waals surface area (Å²) in [5, 5.41) is 0. The van der Waals surface area contributed by atoms with Crippen molar-refractivity contribution in [2.24, 2.45) is 5.92 Å². The van der Waals surface area contributed by atoms with Gasteiger partial charge in [-0.3, -0.25) is 9.37 Å². The highest BCUT2D eigenvalue weighted by molar-refractivity contribution is 5.62. The molecule has 1 heterocycles. The predicted molar refractivity (Wildman–Crippen MR) is 78.0 cm³/mol. The highest BCUT2D eigenvalue weighted by Crippen LogP contribution is 2.27. The second kappa shape index (κ2) is 5.96. The van der Waals surface area contributed by atoms with Crippen molar-refractivity contribution in [2.45, 2.75) is 26.7 Å². The van der Waals surface area contributed by atoms with Crippen LogP contribution in [0.1, 0.15) is 31.0 Å². The Balaban J connectivity index is 2.21. The van der Waals surface area contributed by atoms with Gasteiger partial charge in [0.05, 0.1) is 6.67 Å². The molecule has 19 heavy (non-hydrogen) atoms. The van der Waals surface area contributed by atoms with Crippen LogP contribution in [0.4, 0.5) is 4.39 Å². The van der Waals surface area contributed by atoms with Gasteiger partial charge in [0.15, 0.2) is 0 Å². The van der Waals surface area contributed by atoms with Crippen LogP contribution in [-0.2, 0) is 0 Å². The standard InChI is InChI=1S/C17H20FN/c1-12(10-18)14(3)15-6-8-16(9-7-15)17-5-4-13(2)19-11-17/h4-9,11-12,14H,10H2,1-3H3/t12-,14+/m1/s1. The average molecular weight is 257 g/mol. The van der Waals surface area contributed by atoms with Crippen LogP contribution in [0.25, 0.3) is 11.1 Å². The molecule has 0 saturated heterocycles. The number of alkyl halides is 1. The van der Waals surface area contributed by atoms with Crippen molar-refractivity contribution in [2.75, 3.05) is 6.67 Å². The molecule has 0 aliphatic heterocycles. The van der Waals surface area contributed by atoms with Crippen LogP contribution in [0.5, 0.6) is 0 Å². The largest absolute Gasteiger partial charge is 0.261 e.